The zero-order valence-corrected chi connectivity index (χ0v) is 18.9. The minimum absolute atomic E-state index is 0.114. The van der Waals surface area contributed by atoms with E-state index in [1.165, 1.54) is 11.1 Å². The van der Waals surface area contributed by atoms with E-state index in [0.717, 1.165) is 42.8 Å². The second-order valence-electron chi connectivity index (χ2n) is 8.72. The molecule has 2 aliphatic heterocycles. The van der Waals surface area contributed by atoms with Crippen LogP contribution in [0, 0.1) is 6.92 Å². The Morgan fingerprint density at radius 3 is 2.62 bits per heavy atom. The number of aromatic nitrogens is 4. The van der Waals surface area contributed by atoms with Crippen molar-refractivity contribution in [2.75, 3.05) is 58.5 Å². The number of likely N-dealkylation sites (N-methyl/N-ethyl adjacent to an activating group) is 1. The van der Waals surface area contributed by atoms with Crippen molar-refractivity contribution in [3.8, 4) is 11.8 Å². The predicted molar refractivity (Wildman–Crippen MR) is 122 cm³/mol. The summed E-state index contributed by atoms with van der Waals surface area (Å²) in [5.41, 5.74) is 3.32. The van der Waals surface area contributed by atoms with Gasteiger partial charge in [-0.2, -0.15) is 15.1 Å². The van der Waals surface area contributed by atoms with Crippen LogP contribution in [0.3, 0.4) is 0 Å². The van der Waals surface area contributed by atoms with Crippen molar-refractivity contribution in [1.82, 2.24) is 24.6 Å². The fraction of sp³-hybridized carbons (Fsp3) is 0.522. The molecule has 0 unspecified atom stereocenters. The summed E-state index contributed by atoms with van der Waals surface area (Å²) in [7, 11) is 3.63. The van der Waals surface area contributed by atoms with Crippen LogP contribution < -0.4 is 9.64 Å². The van der Waals surface area contributed by atoms with Crippen LogP contribution in [0.2, 0.25) is 0 Å². The molecule has 4 heterocycles. The summed E-state index contributed by atoms with van der Waals surface area (Å²) in [6.07, 6.45) is 2.41. The van der Waals surface area contributed by atoms with E-state index in [4.69, 9.17) is 9.47 Å². The molecule has 0 radical (unpaired) electrons. The van der Waals surface area contributed by atoms with Gasteiger partial charge in [-0.1, -0.05) is 0 Å². The average Bonchev–Trinajstić information content (AvgIpc) is 3.21. The number of aliphatic hydroxyl groups excluding tert-OH is 1. The number of aryl methyl sites for hydroxylation is 1. The number of nitrogens with zero attached hydrogens (tertiary/aromatic N) is 6. The summed E-state index contributed by atoms with van der Waals surface area (Å²) in [4.78, 5) is 13.5. The number of benzene rings is 1. The van der Waals surface area contributed by atoms with Gasteiger partial charge in [0.05, 0.1) is 38.1 Å². The normalized spacial score (nSPS) is 22.4. The number of aliphatic hydroxyl groups is 1. The van der Waals surface area contributed by atoms with Crippen molar-refractivity contribution in [2.45, 2.75) is 25.4 Å². The molecule has 2 aliphatic rings. The van der Waals surface area contributed by atoms with Gasteiger partial charge in [0.1, 0.15) is 5.82 Å². The SMILES string of the molecule is COc1nc(N2CCOCC2)cc(-n2ncc3cc(C)c([C@@H]4CCN(C)C[C@H]4O)cc32)n1. The van der Waals surface area contributed by atoms with Gasteiger partial charge >= 0.3 is 6.01 Å². The Balaban J connectivity index is 1.57. The van der Waals surface area contributed by atoms with Crippen LogP contribution >= 0.6 is 0 Å². The van der Waals surface area contributed by atoms with Gasteiger partial charge in [-0.15, -0.1) is 0 Å². The maximum atomic E-state index is 10.8. The molecule has 2 aromatic heterocycles. The topological polar surface area (TPSA) is 88.8 Å². The van der Waals surface area contributed by atoms with E-state index >= 15 is 0 Å². The van der Waals surface area contributed by atoms with E-state index in [2.05, 4.69) is 51.0 Å². The Morgan fingerprint density at radius 2 is 1.88 bits per heavy atom. The highest BCUT2D eigenvalue weighted by atomic mass is 16.5. The molecule has 9 heteroatoms. The van der Waals surface area contributed by atoms with Crippen molar-refractivity contribution in [2.24, 2.45) is 0 Å². The van der Waals surface area contributed by atoms with Crippen molar-refractivity contribution in [3.63, 3.8) is 0 Å². The Morgan fingerprint density at radius 1 is 1.09 bits per heavy atom. The summed E-state index contributed by atoms with van der Waals surface area (Å²) in [6, 6.07) is 6.58. The maximum absolute atomic E-state index is 10.8. The van der Waals surface area contributed by atoms with E-state index in [1.807, 2.05) is 16.9 Å². The summed E-state index contributed by atoms with van der Waals surface area (Å²) in [6.45, 7) is 6.68. The average molecular weight is 439 g/mol. The van der Waals surface area contributed by atoms with Gasteiger partial charge in [-0.3, -0.25) is 0 Å². The highest BCUT2D eigenvalue weighted by Gasteiger charge is 2.29. The number of ether oxygens (including phenoxy) is 2. The Kier molecular flexibility index (Phi) is 5.71. The highest BCUT2D eigenvalue weighted by Crippen LogP contribution is 2.33. The van der Waals surface area contributed by atoms with Crippen LogP contribution in [0.25, 0.3) is 16.7 Å². The van der Waals surface area contributed by atoms with E-state index in [0.29, 0.717) is 31.6 Å². The van der Waals surface area contributed by atoms with Gasteiger partial charge in [0.15, 0.2) is 5.82 Å². The number of fused-ring (bicyclic) bond motifs is 1. The van der Waals surface area contributed by atoms with E-state index in [9.17, 15) is 5.11 Å². The maximum Gasteiger partial charge on any atom is 0.320 e. The van der Waals surface area contributed by atoms with Crippen LogP contribution in [0.5, 0.6) is 6.01 Å². The van der Waals surface area contributed by atoms with Gasteiger partial charge in [-0.05, 0) is 50.2 Å². The molecule has 3 aromatic rings. The molecular weight excluding hydrogens is 408 g/mol. The number of hydrogen-bond acceptors (Lipinski definition) is 8. The van der Waals surface area contributed by atoms with Crippen LogP contribution in [-0.2, 0) is 4.74 Å². The standard InChI is InChI=1S/C23H30N6O3/c1-15-10-16-13-24-29(19(16)11-18(15)17-4-5-27(2)14-20(17)30)22-12-21(25-23(26-22)31-3)28-6-8-32-9-7-28/h10-13,17,20,30H,4-9,14H2,1-3H3/t17-,20+/m0/s1. The van der Waals surface area contributed by atoms with Crippen molar-refractivity contribution >= 4 is 16.7 Å². The summed E-state index contributed by atoms with van der Waals surface area (Å²) in [5.74, 6) is 1.58. The number of morpholine rings is 1. The lowest BCUT2D eigenvalue weighted by molar-refractivity contribution is 0.0636. The summed E-state index contributed by atoms with van der Waals surface area (Å²) < 4.78 is 12.7. The molecule has 0 amide bonds. The second-order valence-corrected chi connectivity index (χ2v) is 8.72. The third-order valence-electron chi connectivity index (χ3n) is 6.55. The van der Waals surface area contributed by atoms with Gasteiger partial charge in [0.2, 0.25) is 0 Å². The molecule has 5 rings (SSSR count). The molecule has 2 atom stereocenters. The molecule has 0 spiro atoms. The van der Waals surface area contributed by atoms with Gasteiger partial charge in [0, 0.05) is 37.0 Å². The number of anilines is 1. The second kappa shape index (κ2) is 8.65. The lowest BCUT2D eigenvalue weighted by Crippen LogP contribution is -2.40. The predicted octanol–water partition coefficient (Wildman–Crippen LogP) is 1.75. The minimum atomic E-state index is -0.381. The molecule has 0 bridgehead atoms. The molecule has 9 nitrogen and oxygen atoms in total. The molecule has 2 fully saturated rings. The first-order valence-corrected chi connectivity index (χ1v) is 11.1. The van der Waals surface area contributed by atoms with Crippen LogP contribution in [0.1, 0.15) is 23.5 Å². The number of piperidine rings is 1. The van der Waals surface area contributed by atoms with Gasteiger partial charge in [-0.25, -0.2) is 4.68 Å². The minimum Gasteiger partial charge on any atom is -0.467 e. The fourth-order valence-corrected chi connectivity index (χ4v) is 4.79. The third-order valence-corrected chi connectivity index (χ3v) is 6.55. The van der Waals surface area contributed by atoms with Gasteiger partial charge in [0.25, 0.3) is 0 Å². The van der Waals surface area contributed by atoms with Crippen LogP contribution in [-0.4, -0.2) is 89.4 Å². The number of likely N-dealkylation sites (tertiary alicyclic amines) is 1. The van der Waals surface area contributed by atoms with Gasteiger partial charge < -0.3 is 24.4 Å². The molecule has 0 saturated carbocycles. The van der Waals surface area contributed by atoms with Crippen molar-refractivity contribution in [1.29, 1.82) is 0 Å². The van der Waals surface area contributed by atoms with Crippen LogP contribution in [0.4, 0.5) is 5.82 Å². The van der Waals surface area contributed by atoms with E-state index in [-0.39, 0.29) is 12.0 Å². The Labute approximate surface area is 187 Å². The van der Waals surface area contributed by atoms with E-state index < -0.39 is 0 Å². The number of hydrogen-bond donors (Lipinski definition) is 1. The molecule has 1 N–H and O–H groups in total. The quantitative estimate of drug-likeness (QED) is 0.659. The first-order valence-electron chi connectivity index (χ1n) is 11.1. The summed E-state index contributed by atoms with van der Waals surface area (Å²) in [5, 5.41) is 16.4. The molecule has 170 valence electrons. The number of rotatable bonds is 4. The zero-order valence-electron chi connectivity index (χ0n) is 18.9. The lowest BCUT2D eigenvalue weighted by Gasteiger charge is -2.34. The summed E-state index contributed by atoms with van der Waals surface area (Å²) >= 11 is 0. The first-order chi connectivity index (χ1) is 15.5. The van der Waals surface area contributed by atoms with Crippen LogP contribution in [0.15, 0.2) is 24.4 Å². The molecule has 2 saturated heterocycles. The monoisotopic (exact) mass is 438 g/mol. The van der Waals surface area contributed by atoms with Crippen molar-refractivity contribution < 1.29 is 14.6 Å². The zero-order chi connectivity index (χ0) is 22.2. The van der Waals surface area contributed by atoms with Crippen molar-refractivity contribution in [3.05, 3.63) is 35.5 Å². The Hall–Kier alpha value is -2.75. The fourth-order valence-electron chi connectivity index (χ4n) is 4.79. The molecule has 32 heavy (non-hydrogen) atoms. The number of β-amino-alcohol motifs (C(OH)–C–C–N with tert-alkyl or cyclic N) is 1. The smallest absolute Gasteiger partial charge is 0.320 e. The lowest BCUT2D eigenvalue weighted by atomic mass is 9.84. The Bertz CT molecular complexity index is 1110. The molecule has 1 aromatic carbocycles. The molecule has 0 aliphatic carbocycles. The van der Waals surface area contributed by atoms with E-state index in [1.54, 1.807) is 7.11 Å². The largest absolute Gasteiger partial charge is 0.467 e. The molecular formula is C23H30N6O3. The number of methoxy groups -OCH3 is 1. The third kappa shape index (κ3) is 3.92. The highest BCUT2D eigenvalue weighted by molar-refractivity contribution is 5.82. The first kappa shape index (κ1) is 21.1.